The number of methoxy groups -OCH3 is 1. The highest BCUT2D eigenvalue weighted by molar-refractivity contribution is 9.10. The number of benzene rings is 3. The fourth-order valence-corrected chi connectivity index (χ4v) is 3.41. The maximum atomic E-state index is 12.9. The Kier molecular flexibility index (Phi) is 7.43. The summed E-state index contributed by atoms with van der Waals surface area (Å²) in [6.07, 6.45) is 0. The van der Waals surface area contributed by atoms with Crippen LogP contribution in [-0.2, 0) is 9.53 Å². The zero-order valence-electron chi connectivity index (χ0n) is 17.9. The number of hydrogen-bond donors (Lipinski definition) is 1. The average Bonchev–Trinajstić information content (AvgIpc) is 2.80. The number of carbonyl (C=O) groups excluding carboxylic acids is 3. The molecule has 0 saturated heterocycles. The summed E-state index contributed by atoms with van der Waals surface area (Å²) in [6.45, 7) is 3.37. The molecule has 0 unspecified atom stereocenters. The Morgan fingerprint density at radius 3 is 2.09 bits per heavy atom. The van der Waals surface area contributed by atoms with Crippen molar-refractivity contribution in [1.82, 2.24) is 0 Å². The summed E-state index contributed by atoms with van der Waals surface area (Å²) >= 11 is 3.48. The van der Waals surface area contributed by atoms with Gasteiger partial charge in [0.25, 0.3) is 5.91 Å². The Balaban J connectivity index is 1.69. The Hall–Kier alpha value is -3.45. The van der Waals surface area contributed by atoms with Crippen LogP contribution in [0.25, 0.3) is 0 Å². The van der Waals surface area contributed by atoms with Gasteiger partial charge in [0, 0.05) is 21.3 Å². The summed E-state index contributed by atoms with van der Waals surface area (Å²) in [6, 6.07) is 16.6. The van der Waals surface area contributed by atoms with Crippen LogP contribution in [0.15, 0.2) is 65.1 Å². The molecule has 32 heavy (non-hydrogen) atoms. The second-order valence-corrected chi connectivity index (χ2v) is 7.94. The highest BCUT2D eigenvalue weighted by Crippen LogP contribution is 2.25. The zero-order chi connectivity index (χ0) is 23.3. The highest BCUT2D eigenvalue weighted by atomic mass is 79.9. The van der Waals surface area contributed by atoms with Crippen LogP contribution >= 0.6 is 15.9 Å². The summed E-state index contributed by atoms with van der Waals surface area (Å²) in [5.41, 5.74) is 3.26. The first-order chi connectivity index (χ1) is 15.3. The van der Waals surface area contributed by atoms with Gasteiger partial charge >= 0.3 is 5.97 Å². The van der Waals surface area contributed by atoms with Gasteiger partial charge in [0.1, 0.15) is 5.75 Å². The maximum absolute atomic E-state index is 12.9. The minimum Gasteiger partial charge on any atom is -0.497 e. The molecule has 0 saturated carbocycles. The van der Waals surface area contributed by atoms with Crippen LogP contribution in [-0.4, -0.2) is 31.4 Å². The van der Waals surface area contributed by atoms with Crippen LogP contribution in [0.2, 0.25) is 0 Å². The van der Waals surface area contributed by atoms with E-state index in [1.54, 1.807) is 42.5 Å². The summed E-state index contributed by atoms with van der Waals surface area (Å²) in [7, 11) is 1.54. The lowest BCUT2D eigenvalue weighted by Crippen LogP contribution is -2.22. The number of ketones is 1. The molecular formula is C25H22BrNO5. The maximum Gasteiger partial charge on any atom is 0.339 e. The van der Waals surface area contributed by atoms with Crippen LogP contribution in [0, 0.1) is 13.8 Å². The third kappa shape index (κ3) is 5.42. The van der Waals surface area contributed by atoms with E-state index in [-0.39, 0.29) is 16.9 Å². The van der Waals surface area contributed by atoms with Crippen molar-refractivity contribution in [2.24, 2.45) is 0 Å². The van der Waals surface area contributed by atoms with Crippen molar-refractivity contribution in [3.05, 3.63) is 93.0 Å². The smallest absolute Gasteiger partial charge is 0.339 e. The molecule has 1 N–H and O–H groups in total. The van der Waals surface area contributed by atoms with Crippen molar-refractivity contribution in [2.45, 2.75) is 13.8 Å². The van der Waals surface area contributed by atoms with Crippen molar-refractivity contribution in [2.75, 3.05) is 19.0 Å². The van der Waals surface area contributed by atoms with E-state index in [4.69, 9.17) is 9.47 Å². The van der Waals surface area contributed by atoms with Gasteiger partial charge < -0.3 is 14.8 Å². The van der Waals surface area contributed by atoms with Crippen LogP contribution in [0.5, 0.6) is 5.75 Å². The SMILES string of the molecule is COc1ccc(C(=O)c2ccccc2C(=O)OCC(=O)Nc2cc(C)c(Br)c(C)c2)cc1. The Bertz CT molecular complexity index is 1150. The summed E-state index contributed by atoms with van der Waals surface area (Å²) in [4.78, 5) is 37.8. The molecule has 3 aromatic carbocycles. The molecule has 3 rings (SSSR count). The van der Waals surface area contributed by atoms with Gasteiger partial charge in [-0.05, 0) is 67.4 Å². The average molecular weight is 496 g/mol. The van der Waals surface area contributed by atoms with Gasteiger partial charge in [0.2, 0.25) is 0 Å². The van der Waals surface area contributed by atoms with Gasteiger partial charge in [0.05, 0.1) is 12.7 Å². The molecule has 0 bridgehead atoms. The molecule has 7 heteroatoms. The summed E-state index contributed by atoms with van der Waals surface area (Å²) in [5, 5.41) is 2.72. The van der Waals surface area contributed by atoms with E-state index in [1.807, 2.05) is 26.0 Å². The van der Waals surface area contributed by atoms with Gasteiger partial charge in [0.15, 0.2) is 12.4 Å². The van der Waals surface area contributed by atoms with E-state index in [1.165, 1.54) is 13.2 Å². The molecule has 0 aliphatic carbocycles. The van der Waals surface area contributed by atoms with Crippen molar-refractivity contribution in [3.63, 3.8) is 0 Å². The lowest BCUT2D eigenvalue weighted by Gasteiger charge is -2.11. The molecule has 0 radical (unpaired) electrons. The molecule has 0 aliphatic rings. The van der Waals surface area contributed by atoms with Gasteiger partial charge in [-0.3, -0.25) is 9.59 Å². The van der Waals surface area contributed by atoms with Crippen molar-refractivity contribution in [1.29, 1.82) is 0 Å². The monoisotopic (exact) mass is 495 g/mol. The number of rotatable bonds is 7. The quantitative estimate of drug-likeness (QED) is 0.364. The standard InChI is InChI=1S/C25H22BrNO5/c1-15-12-18(13-16(2)23(15)26)27-22(28)14-32-25(30)21-7-5-4-6-20(21)24(29)17-8-10-19(31-3)11-9-17/h4-13H,14H2,1-3H3,(H,27,28). The van der Waals surface area contributed by atoms with E-state index < -0.39 is 18.5 Å². The van der Waals surface area contributed by atoms with E-state index >= 15 is 0 Å². The second-order valence-electron chi connectivity index (χ2n) is 7.15. The number of aryl methyl sites for hydroxylation is 2. The van der Waals surface area contributed by atoms with E-state index in [9.17, 15) is 14.4 Å². The number of halogens is 1. The van der Waals surface area contributed by atoms with Gasteiger partial charge in [-0.1, -0.05) is 34.1 Å². The normalized spacial score (nSPS) is 10.4. The molecule has 164 valence electrons. The molecule has 0 spiro atoms. The first-order valence-corrected chi connectivity index (χ1v) is 10.6. The summed E-state index contributed by atoms with van der Waals surface area (Å²) in [5.74, 6) is -0.930. The third-order valence-corrected chi connectivity index (χ3v) is 6.05. The minimum atomic E-state index is -0.749. The van der Waals surface area contributed by atoms with Crippen LogP contribution in [0.1, 0.15) is 37.4 Å². The molecule has 0 aliphatic heterocycles. The van der Waals surface area contributed by atoms with Gasteiger partial charge in [-0.2, -0.15) is 0 Å². The number of anilines is 1. The Labute approximate surface area is 194 Å². The molecule has 1 amide bonds. The fraction of sp³-hybridized carbons (Fsp3) is 0.160. The number of carbonyl (C=O) groups is 3. The largest absolute Gasteiger partial charge is 0.497 e. The van der Waals surface area contributed by atoms with E-state index in [0.717, 1.165) is 15.6 Å². The molecule has 0 heterocycles. The number of amides is 1. The lowest BCUT2D eigenvalue weighted by molar-refractivity contribution is -0.119. The molecule has 3 aromatic rings. The van der Waals surface area contributed by atoms with E-state index in [0.29, 0.717) is 17.0 Å². The predicted molar refractivity (Wildman–Crippen MR) is 125 cm³/mol. The molecule has 0 atom stereocenters. The van der Waals surface area contributed by atoms with Crippen LogP contribution in [0.4, 0.5) is 5.69 Å². The first-order valence-electron chi connectivity index (χ1n) is 9.81. The number of hydrogen-bond acceptors (Lipinski definition) is 5. The van der Waals surface area contributed by atoms with Crippen molar-refractivity contribution < 1.29 is 23.9 Å². The Morgan fingerprint density at radius 2 is 1.50 bits per heavy atom. The van der Waals surface area contributed by atoms with Crippen molar-refractivity contribution >= 4 is 39.3 Å². The Morgan fingerprint density at radius 1 is 0.906 bits per heavy atom. The molecule has 0 aromatic heterocycles. The third-order valence-electron chi connectivity index (χ3n) is 4.80. The topological polar surface area (TPSA) is 81.7 Å². The zero-order valence-corrected chi connectivity index (χ0v) is 19.5. The predicted octanol–water partition coefficient (Wildman–Crippen LogP) is 5.10. The molecular weight excluding hydrogens is 474 g/mol. The van der Waals surface area contributed by atoms with Gasteiger partial charge in [-0.25, -0.2) is 4.79 Å². The second kappa shape index (κ2) is 10.2. The van der Waals surface area contributed by atoms with Gasteiger partial charge in [-0.15, -0.1) is 0 Å². The van der Waals surface area contributed by atoms with Crippen LogP contribution in [0.3, 0.4) is 0 Å². The molecule has 6 nitrogen and oxygen atoms in total. The minimum absolute atomic E-state index is 0.0939. The van der Waals surface area contributed by atoms with Crippen molar-refractivity contribution in [3.8, 4) is 5.75 Å². The van der Waals surface area contributed by atoms with E-state index in [2.05, 4.69) is 21.2 Å². The highest BCUT2D eigenvalue weighted by Gasteiger charge is 2.20. The first kappa shape index (κ1) is 23.2. The lowest BCUT2D eigenvalue weighted by atomic mass is 9.98. The molecule has 0 fully saturated rings. The number of ether oxygens (including phenoxy) is 2. The van der Waals surface area contributed by atoms with Crippen LogP contribution < -0.4 is 10.1 Å². The fourth-order valence-electron chi connectivity index (χ4n) is 3.18. The number of esters is 1. The summed E-state index contributed by atoms with van der Waals surface area (Å²) < 4.78 is 11.3. The number of nitrogens with one attached hydrogen (secondary N) is 1.